The molecule has 4 aromatic rings. The van der Waals surface area contributed by atoms with Gasteiger partial charge in [-0.1, -0.05) is 48.5 Å². The van der Waals surface area contributed by atoms with Gasteiger partial charge in [0.05, 0.1) is 11.1 Å². The highest BCUT2D eigenvalue weighted by Gasteiger charge is 2.19. The molecule has 160 valence electrons. The lowest BCUT2D eigenvalue weighted by Crippen LogP contribution is -2.13. The van der Waals surface area contributed by atoms with Crippen molar-refractivity contribution < 1.29 is 13.7 Å². The number of carbonyl (C=O) groups is 1. The molecule has 1 aromatic carbocycles. The van der Waals surface area contributed by atoms with Crippen molar-refractivity contribution in [2.45, 2.75) is 50.9 Å². The van der Waals surface area contributed by atoms with Gasteiger partial charge in [0.2, 0.25) is 11.6 Å². The Balaban J connectivity index is 1.58. The molecule has 0 saturated heterocycles. The summed E-state index contributed by atoms with van der Waals surface area (Å²) in [5.74, 6) is 2.59. The Morgan fingerprint density at radius 2 is 1.94 bits per heavy atom. The van der Waals surface area contributed by atoms with Gasteiger partial charge in [-0.3, -0.25) is 4.79 Å². The molecule has 0 atom stereocenters. The number of rotatable bonds is 8. The summed E-state index contributed by atoms with van der Waals surface area (Å²) in [4.78, 5) is 26.2. The van der Waals surface area contributed by atoms with E-state index >= 15 is 0 Å². The van der Waals surface area contributed by atoms with E-state index < -0.39 is 0 Å². The summed E-state index contributed by atoms with van der Waals surface area (Å²) in [6.07, 6.45) is 2.85. The van der Waals surface area contributed by atoms with Gasteiger partial charge in [0.15, 0.2) is 11.0 Å². The largest absolute Gasteiger partial charge is 0.443 e. The van der Waals surface area contributed by atoms with Crippen LogP contribution in [0.5, 0.6) is 0 Å². The van der Waals surface area contributed by atoms with Crippen LogP contribution in [-0.2, 0) is 12.2 Å². The molecule has 1 amide bonds. The highest BCUT2D eigenvalue weighted by molar-refractivity contribution is 7.98. The zero-order valence-electron chi connectivity index (χ0n) is 17.6. The smallest absolute Gasteiger partial charge is 0.256 e. The number of carbonyl (C=O) groups excluding carboxylic acids is 1. The molecule has 4 rings (SSSR count). The SMILES string of the molecule is CCCCc1nc(CSc2nc(NC(=O)c3ccccc3)c3c(C)c(C)oc3n2)no1. The van der Waals surface area contributed by atoms with Crippen LogP contribution in [0.4, 0.5) is 5.82 Å². The Kier molecular flexibility index (Phi) is 6.31. The Morgan fingerprint density at radius 1 is 1.13 bits per heavy atom. The number of anilines is 1. The molecule has 0 aliphatic rings. The van der Waals surface area contributed by atoms with E-state index in [0.717, 1.165) is 30.6 Å². The van der Waals surface area contributed by atoms with Crippen LogP contribution in [0.3, 0.4) is 0 Å². The average molecular weight is 438 g/mol. The summed E-state index contributed by atoms with van der Waals surface area (Å²) in [5.41, 5.74) is 1.88. The van der Waals surface area contributed by atoms with Crippen LogP contribution >= 0.6 is 11.8 Å². The standard InChI is InChI=1S/C22H23N5O3S/c1-4-5-11-17-23-16(27-30-17)12-31-22-25-19(18-13(2)14(3)29-21(18)26-22)24-20(28)15-9-7-6-8-10-15/h6-10H,4-5,11-12H2,1-3H3,(H,24,25,26,28). The number of aryl methyl sites for hydroxylation is 3. The van der Waals surface area contributed by atoms with E-state index in [1.807, 2.05) is 32.0 Å². The second-order valence-electron chi connectivity index (χ2n) is 7.13. The summed E-state index contributed by atoms with van der Waals surface area (Å²) in [5, 5.41) is 8.09. The molecule has 0 unspecified atom stereocenters. The summed E-state index contributed by atoms with van der Waals surface area (Å²) >= 11 is 1.36. The minimum atomic E-state index is -0.242. The minimum absolute atomic E-state index is 0.242. The van der Waals surface area contributed by atoms with Crippen molar-refractivity contribution in [3.05, 3.63) is 58.9 Å². The van der Waals surface area contributed by atoms with Gasteiger partial charge in [0, 0.05) is 17.5 Å². The van der Waals surface area contributed by atoms with Gasteiger partial charge >= 0.3 is 0 Å². The molecular formula is C22H23N5O3S. The monoisotopic (exact) mass is 437 g/mol. The number of thioether (sulfide) groups is 1. The zero-order valence-corrected chi connectivity index (χ0v) is 18.5. The highest BCUT2D eigenvalue weighted by atomic mass is 32.2. The van der Waals surface area contributed by atoms with Gasteiger partial charge in [0.1, 0.15) is 11.6 Å². The minimum Gasteiger partial charge on any atom is -0.443 e. The number of nitrogens with zero attached hydrogens (tertiary/aromatic N) is 4. The maximum atomic E-state index is 12.7. The van der Waals surface area contributed by atoms with E-state index in [2.05, 4.69) is 32.3 Å². The number of furan rings is 1. The van der Waals surface area contributed by atoms with Crippen molar-refractivity contribution in [2.75, 3.05) is 5.32 Å². The van der Waals surface area contributed by atoms with Crippen LogP contribution < -0.4 is 5.32 Å². The summed E-state index contributed by atoms with van der Waals surface area (Å²) in [6, 6.07) is 9.01. The van der Waals surface area contributed by atoms with Crippen LogP contribution in [0, 0.1) is 13.8 Å². The third kappa shape index (κ3) is 4.77. The Morgan fingerprint density at radius 3 is 2.71 bits per heavy atom. The lowest BCUT2D eigenvalue weighted by Gasteiger charge is -2.07. The van der Waals surface area contributed by atoms with E-state index in [1.165, 1.54) is 11.8 Å². The first-order chi connectivity index (χ1) is 15.0. The Labute approximate surface area is 183 Å². The van der Waals surface area contributed by atoms with Crippen molar-refractivity contribution >= 4 is 34.6 Å². The zero-order chi connectivity index (χ0) is 21.8. The molecule has 0 aliphatic heterocycles. The number of benzene rings is 1. The van der Waals surface area contributed by atoms with Crippen molar-refractivity contribution in [3.63, 3.8) is 0 Å². The molecule has 31 heavy (non-hydrogen) atoms. The number of aromatic nitrogens is 4. The van der Waals surface area contributed by atoms with Crippen molar-refractivity contribution in [1.82, 2.24) is 20.1 Å². The topological polar surface area (TPSA) is 107 Å². The molecule has 3 aromatic heterocycles. The molecule has 0 aliphatic carbocycles. The van der Waals surface area contributed by atoms with E-state index in [0.29, 0.717) is 45.1 Å². The van der Waals surface area contributed by atoms with Gasteiger partial charge in [-0.05, 0) is 32.4 Å². The molecule has 1 N–H and O–H groups in total. The fourth-order valence-corrected chi connectivity index (χ4v) is 3.74. The molecular weight excluding hydrogens is 414 g/mol. The number of nitrogens with one attached hydrogen (secondary N) is 1. The molecule has 3 heterocycles. The van der Waals surface area contributed by atoms with Gasteiger partial charge in [0.25, 0.3) is 5.91 Å². The van der Waals surface area contributed by atoms with Gasteiger partial charge < -0.3 is 14.3 Å². The van der Waals surface area contributed by atoms with Gasteiger partial charge in [-0.15, -0.1) is 0 Å². The highest BCUT2D eigenvalue weighted by Crippen LogP contribution is 2.32. The predicted molar refractivity (Wildman–Crippen MR) is 118 cm³/mol. The second kappa shape index (κ2) is 9.30. The third-order valence-electron chi connectivity index (χ3n) is 4.86. The molecule has 0 spiro atoms. The number of hydrogen-bond acceptors (Lipinski definition) is 8. The fourth-order valence-electron chi connectivity index (χ4n) is 3.06. The van der Waals surface area contributed by atoms with E-state index in [1.54, 1.807) is 12.1 Å². The van der Waals surface area contributed by atoms with Crippen LogP contribution in [-0.4, -0.2) is 26.0 Å². The van der Waals surface area contributed by atoms with Gasteiger partial charge in [-0.25, -0.2) is 4.98 Å². The fraction of sp³-hybridized carbons (Fsp3) is 0.318. The van der Waals surface area contributed by atoms with E-state index in [9.17, 15) is 4.79 Å². The summed E-state index contributed by atoms with van der Waals surface area (Å²) in [6.45, 7) is 5.91. The molecule has 8 nitrogen and oxygen atoms in total. The van der Waals surface area contributed by atoms with Crippen molar-refractivity contribution in [2.24, 2.45) is 0 Å². The molecule has 0 bridgehead atoms. The van der Waals surface area contributed by atoms with E-state index in [-0.39, 0.29) is 5.91 Å². The van der Waals surface area contributed by atoms with Crippen molar-refractivity contribution in [1.29, 1.82) is 0 Å². The number of hydrogen-bond donors (Lipinski definition) is 1. The first-order valence-corrected chi connectivity index (χ1v) is 11.1. The molecule has 0 saturated carbocycles. The van der Waals surface area contributed by atoms with E-state index in [4.69, 9.17) is 8.94 Å². The number of fused-ring (bicyclic) bond motifs is 1. The average Bonchev–Trinajstić information content (AvgIpc) is 3.35. The number of unbranched alkanes of at least 4 members (excludes halogenated alkanes) is 1. The first-order valence-electron chi connectivity index (χ1n) is 10.1. The van der Waals surface area contributed by atoms with Crippen LogP contribution in [0.2, 0.25) is 0 Å². The van der Waals surface area contributed by atoms with Crippen LogP contribution in [0.25, 0.3) is 11.1 Å². The molecule has 9 heteroatoms. The quantitative estimate of drug-likeness (QED) is 0.299. The third-order valence-corrected chi connectivity index (χ3v) is 5.70. The Bertz CT molecular complexity index is 1200. The predicted octanol–water partition coefficient (Wildman–Crippen LogP) is 5.11. The maximum Gasteiger partial charge on any atom is 0.256 e. The summed E-state index contributed by atoms with van der Waals surface area (Å²) in [7, 11) is 0. The first kappa shape index (κ1) is 21.0. The van der Waals surface area contributed by atoms with Crippen molar-refractivity contribution in [3.8, 4) is 0 Å². The molecule has 0 fully saturated rings. The van der Waals surface area contributed by atoms with Crippen LogP contribution in [0.15, 0.2) is 44.4 Å². The lowest BCUT2D eigenvalue weighted by molar-refractivity contribution is 0.102. The molecule has 0 radical (unpaired) electrons. The lowest BCUT2D eigenvalue weighted by atomic mass is 10.2. The second-order valence-corrected chi connectivity index (χ2v) is 8.08. The normalized spacial score (nSPS) is 11.2. The summed E-state index contributed by atoms with van der Waals surface area (Å²) < 4.78 is 11.1. The van der Waals surface area contributed by atoms with Crippen LogP contribution in [0.1, 0.15) is 53.2 Å². The van der Waals surface area contributed by atoms with Gasteiger partial charge in [-0.2, -0.15) is 9.97 Å². The number of amides is 1. The Hall–Kier alpha value is -3.20. The maximum absolute atomic E-state index is 12.7.